The maximum atomic E-state index is 10.7. The molecule has 1 aliphatic carbocycles. The van der Waals surface area contributed by atoms with E-state index in [1.165, 1.54) is 0 Å². The van der Waals surface area contributed by atoms with Gasteiger partial charge in [0, 0.05) is 89.0 Å². The van der Waals surface area contributed by atoms with Gasteiger partial charge in [0.15, 0.2) is 0 Å². The number of benzene rings is 21. The van der Waals surface area contributed by atoms with Crippen molar-refractivity contribution in [3.05, 3.63) is 511 Å². The van der Waals surface area contributed by atoms with Crippen LogP contribution in [0.1, 0.15) is 147 Å². The van der Waals surface area contributed by atoms with Gasteiger partial charge in [0.1, 0.15) is 11.5 Å². The summed E-state index contributed by atoms with van der Waals surface area (Å²) in [7, 11) is 0. The number of anilines is 6. The minimum atomic E-state index is -1.000. The zero-order valence-electron chi connectivity index (χ0n) is 99.1. The van der Waals surface area contributed by atoms with Crippen LogP contribution in [-0.4, -0.2) is 15.8 Å². The van der Waals surface area contributed by atoms with Crippen LogP contribution in [-0.2, 0) is 27.1 Å². The van der Waals surface area contributed by atoms with Gasteiger partial charge in [0.25, 0.3) is 6.71 Å². The Morgan fingerprint density at radius 1 is 0.235 bits per heavy atom. The second kappa shape index (κ2) is 34.4. The fraction of sp³-hybridized carbons (Fsp3) is 0.119. The Bertz CT molecular complexity index is 9610. The minimum Gasteiger partial charge on any atom is -0.457 e. The highest BCUT2D eigenvalue weighted by atomic mass is 16.5. The summed E-state index contributed by atoms with van der Waals surface area (Å²) in [6, 6.07) is 131. The topological polar surface area (TPSA) is 25.6 Å². The molecule has 27 rings (SSSR count). The van der Waals surface area contributed by atoms with Gasteiger partial charge in [-0.3, -0.25) is 0 Å². The maximum Gasteiger partial charge on any atom is 0.252 e. The van der Waals surface area contributed by atoms with Gasteiger partial charge >= 0.3 is 0 Å². The van der Waals surface area contributed by atoms with E-state index in [-0.39, 0.29) is 91.0 Å². The largest absolute Gasteiger partial charge is 0.457 e. The predicted octanol–water partition coefficient (Wildman–Crippen LogP) is 36.6. The van der Waals surface area contributed by atoms with E-state index in [2.05, 4.69) is 391 Å². The standard InChI is InChI=1S/C143H113BN4O/c1-139(2,3)104-66-72-128-118(82-104)112-57-27-32-62-126(112)145(128)108-68-70-124-130(88-108)147(137-114(99-51-35-47-94(75-99)90-39-17-13-18-40-90)84-106(141(7,8)9)85-115(137)100-52-36-48-95(76-100)91-41-19-14-20-42-91)132-80-103(98-65-74-135-123(79-98)143(122-61-31-34-64-134(122)149-135)120-59-29-25-55-110(120)111-56-26-30-60-121(111)143)81-133-136(132)144(124)125-71-69-109(146-127-63-33-28-58-113(127)119-83-105(140(4,5)6)67-73-129(119)146)89-131(125)148(133)138-116(101-53-37-49-96(77-101)92-43-21-15-22-44-92)86-107(142(10,11)12)87-117(138)102-54-38-50-97(78-102)93-45-23-16-24-46-93/h13-89H,1-12H3/i27D,28D,32D,33D,57D,58D,62D,63D,66D,67D,72D,73D,82D,83D. The lowest BCUT2D eigenvalue weighted by Crippen LogP contribution is -2.61. The molecule has 4 aliphatic rings. The Hall–Kier alpha value is -17.3. The molecule has 0 saturated carbocycles. The molecule has 0 N–H and O–H groups in total. The average molecular weight is 1930 g/mol. The maximum absolute atomic E-state index is 10.7. The first-order valence-electron chi connectivity index (χ1n) is 58.5. The quantitative estimate of drug-likeness (QED) is 0.108. The first-order chi connectivity index (χ1) is 78.3. The van der Waals surface area contributed by atoms with Crippen molar-refractivity contribution in [2.24, 2.45) is 0 Å². The number of para-hydroxylation sites is 3. The highest BCUT2D eigenvalue weighted by Crippen LogP contribution is 2.64. The normalized spacial score (nSPS) is 14.6. The molecule has 21 aromatic carbocycles. The van der Waals surface area contributed by atoms with E-state index in [1.807, 2.05) is 84.0 Å². The Labute approximate surface area is 893 Å². The molecule has 0 fully saturated rings. The first kappa shape index (κ1) is 76.3. The molecule has 149 heavy (non-hydrogen) atoms. The Morgan fingerprint density at radius 2 is 0.564 bits per heavy atom. The van der Waals surface area contributed by atoms with Crippen molar-refractivity contribution in [3.8, 4) is 134 Å². The number of nitrogens with zero attached hydrogens (tertiary/aromatic N) is 4. The van der Waals surface area contributed by atoms with Gasteiger partial charge in [-0.05, 0) is 300 Å². The predicted molar refractivity (Wildman–Crippen MR) is 630 cm³/mol. The van der Waals surface area contributed by atoms with Gasteiger partial charge in [-0.25, -0.2) is 0 Å². The van der Waals surface area contributed by atoms with Crippen LogP contribution >= 0.6 is 0 Å². The minimum absolute atomic E-state index is 0.00532. The van der Waals surface area contributed by atoms with Crippen LogP contribution in [0.4, 0.5) is 34.1 Å². The van der Waals surface area contributed by atoms with Crippen LogP contribution in [0.15, 0.2) is 467 Å². The van der Waals surface area contributed by atoms with E-state index >= 15 is 0 Å². The van der Waals surface area contributed by atoms with Gasteiger partial charge in [-0.15, -0.1) is 0 Å². The van der Waals surface area contributed by atoms with Crippen molar-refractivity contribution in [1.82, 2.24) is 9.13 Å². The molecule has 0 radical (unpaired) electrons. The molecule has 0 atom stereocenters. The van der Waals surface area contributed by atoms with Crippen molar-refractivity contribution < 1.29 is 23.9 Å². The van der Waals surface area contributed by atoms with Crippen molar-refractivity contribution in [2.75, 3.05) is 9.80 Å². The van der Waals surface area contributed by atoms with Crippen LogP contribution < -0.4 is 30.9 Å². The number of rotatable bonds is 13. The van der Waals surface area contributed by atoms with Crippen LogP contribution in [0.2, 0.25) is 0 Å². The number of aromatic nitrogens is 2. The molecule has 2 aromatic heterocycles. The summed E-state index contributed by atoms with van der Waals surface area (Å²) in [5.74, 6) is 1.37. The molecule has 6 heteroatoms. The number of ether oxygens (including phenoxy) is 1. The molecule has 5 heterocycles. The molecule has 0 bridgehead atoms. The second-order valence-corrected chi connectivity index (χ2v) is 44.4. The summed E-state index contributed by atoms with van der Waals surface area (Å²) in [5, 5.41) is 0.245. The number of fused-ring (bicyclic) bond motifs is 19. The summed E-state index contributed by atoms with van der Waals surface area (Å²) in [6.07, 6.45) is 0. The third kappa shape index (κ3) is 14.8. The molecular formula is C143H113BN4O. The molecule has 0 unspecified atom stereocenters. The van der Waals surface area contributed by atoms with E-state index in [0.29, 0.717) is 45.6 Å². The molecule has 1 spiro atoms. The van der Waals surface area contributed by atoms with E-state index in [9.17, 15) is 19.2 Å². The zero-order valence-corrected chi connectivity index (χ0v) is 85.1. The van der Waals surface area contributed by atoms with Crippen molar-refractivity contribution in [2.45, 2.75) is 110 Å². The molecule has 0 amide bonds. The summed E-state index contributed by atoms with van der Waals surface area (Å²) in [4.78, 5) is 4.91. The Balaban J connectivity index is 0.888. The van der Waals surface area contributed by atoms with E-state index in [1.54, 1.807) is 9.13 Å². The average Bonchev–Trinajstić information content (AvgIpc) is 1.49. The SMILES string of the molecule is [2H]c1c([2H])c([2H])c2c(c1[2H])c1c([2H])c(C(C)(C)C)c([2H])c([2H])c1n2-c1ccc2c(c1)N(c1c(-c3cccc(-c4ccccc4)c3)cc(C(C)(C)C)cc1-c1cccc(-c3ccccc3)c1)c1cc(-c3ccc4c(c3)C3(c5ccccc5O4)c4ccccc4-c4ccccc43)cc3c1B2c1ccc(-n2c4c([2H])c([2H])c([2H])c([2H])c4c4c([2H])c(C(C)(C)C)c([2H])c([2H])c42)cc1N3c1c(-c2cccc(-c3ccccc3)c2)cc(C(C)(C)C)cc1-c1cccc(-c2ccccc2)c1. The summed E-state index contributed by atoms with van der Waals surface area (Å²) in [6.45, 7) is 24.0. The second-order valence-electron chi connectivity index (χ2n) is 44.4. The monoisotopic (exact) mass is 1930 g/mol. The third-order valence-corrected chi connectivity index (χ3v) is 31.1. The van der Waals surface area contributed by atoms with Crippen LogP contribution in [0.3, 0.4) is 0 Å². The molecule has 23 aromatic rings. The number of hydrogen-bond acceptors (Lipinski definition) is 3. The molecule has 714 valence electrons. The lowest BCUT2D eigenvalue weighted by atomic mass is 9.33. The lowest BCUT2D eigenvalue weighted by molar-refractivity contribution is 0.436. The molecule has 3 aliphatic heterocycles. The van der Waals surface area contributed by atoms with Gasteiger partial charge in [-0.1, -0.05) is 410 Å². The van der Waals surface area contributed by atoms with Crippen molar-refractivity contribution in [1.29, 1.82) is 0 Å². The van der Waals surface area contributed by atoms with Crippen molar-refractivity contribution >= 4 is 101 Å². The lowest BCUT2D eigenvalue weighted by Gasteiger charge is -2.46. The third-order valence-electron chi connectivity index (χ3n) is 31.1. The van der Waals surface area contributed by atoms with Crippen LogP contribution in [0.25, 0.3) is 166 Å². The van der Waals surface area contributed by atoms with E-state index in [4.69, 9.17) is 4.74 Å². The molecule has 0 saturated heterocycles. The van der Waals surface area contributed by atoms with Crippen LogP contribution in [0, 0.1) is 0 Å². The molecular weight excluding hydrogens is 1800 g/mol. The molecule has 5 nitrogen and oxygen atoms in total. The van der Waals surface area contributed by atoms with Gasteiger partial charge < -0.3 is 23.7 Å². The highest BCUT2D eigenvalue weighted by molar-refractivity contribution is 7.00. The number of hydrogen-bond donors (Lipinski definition) is 0. The first-order valence-corrected chi connectivity index (χ1v) is 51.5. The van der Waals surface area contributed by atoms with Gasteiger partial charge in [-0.2, -0.15) is 0 Å². The highest BCUT2D eigenvalue weighted by Gasteiger charge is 2.53. The smallest absolute Gasteiger partial charge is 0.252 e. The van der Waals surface area contributed by atoms with E-state index < -0.39 is 82.1 Å². The summed E-state index contributed by atoms with van der Waals surface area (Å²) >= 11 is 0. The summed E-state index contributed by atoms with van der Waals surface area (Å²) in [5.41, 5.74) is 27.8. The van der Waals surface area contributed by atoms with E-state index in [0.717, 1.165) is 172 Å². The zero-order chi connectivity index (χ0) is 113. The van der Waals surface area contributed by atoms with Gasteiger partial charge in [0.2, 0.25) is 0 Å². The van der Waals surface area contributed by atoms with Crippen molar-refractivity contribution in [3.63, 3.8) is 0 Å². The fourth-order valence-corrected chi connectivity index (χ4v) is 23.7. The Morgan fingerprint density at radius 3 is 0.953 bits per heavy atom. The summed E-state index contributed by atoms with van der Waals surface area (Å²) < 4.78 is 155. The fourth-order valence-electron chi connectivity index (χ4n) is 23.7. The Kier molecular flexibility index (Phi) is 17.6. The van der Waals surface area contributed by atoms with Gasteiger partial charge in [0.05, 0.1) is 58.0 Å². The van der Waals surface area contributed by atoms with Crippen LogP contribution in [0.5, 0.6) is 11.5 Å².